The normalized spacial score (nSPS) is 39.9. The van der Waals surface area contributed by atoms with Gasteiger partial charge in [0, 0.05) is 12.6 Å². The zero-order valence-electron chi connectivity index (χ0n) is 7.01. The molecular formula is C9H17N. The summed E-state index contributed by atoms with van der Waals surface area (Å²) in [5.41, 5.74) is 0. The van der Waals surface area contributed by atoms with Crippen molar-refractivity contribution in [2.45, 2.75) is 32.7 Å². The predicted molar refractivity (Wildman–Crippen MR) is 42.9 cm³/mol. The maximum absolute atomic E-state index is 2.62. The van der Waals surface area contributed by atoms with E-state index in [0.29, 0.717) is 0 Å². The van der Waals surface area contributed by atoms with Crippen molar-refractivity contribution >= 4 is 0 Å². The van der Waals surface area contributed by atoms with E-state index < -0.39 is 0 Å². The van der Waals surface area contributed by atoms with Gasteiger partial charge in [0.15, 0.2) is 0 Å². The van der Waals surface area contributed by atoms with Crippen molar-refractivity contribution in [1.29, 1.82) is 0 Å². The Hall–Kier alpha value is -0.0400. The van der Waals surface area contributed by atoms with E-state index in [1.165, 1.54) is 25.9 Å². The zero-order valence-corrected chi connectivity index (χ0v) is 7.01. The maximum atomic E-state index is 2.62. The van der Waals surface area contributed by atoms with Crippen molar-refractivity contribution in [2.24, 2.45) is 11.8 Å². The minimum Gasteiger partial charge on any atom is -0.301 e. The highest BCUT2D eigenvalue weighted by atomic mass is 15.2. The van der Waals surface area contributed by atoms with E-state index in [0.717, 1.165) is 17.9 Å². The van der Waals surface area contributed by atoms with Crippen molar-refractivity contribution in [3.05, 3.63) is 0 Å². The van der Waals surface area contributed by atoms with Gasteiger partial charge in [-0.05, 0) is 45.1 Å². The van der Waals surface area contributed by atoms with Crippen LogP contribution in [0.3, 0.4) is 0 Å². The van der Waals surface area contributed by atoms with Crippen molar-refractivity contribution in [3.8, 4) is 0 Å². The number of fused-ring (bicyclic) bond motifs is 1. The molecule has 10 heavy (non-hydrogen) atoms. The summed E-state index contributed by atoms with van der Waals surface area (Å²) in [5.74, 6) is 2.23. The molecule has 0 radical (unpaired) electrons. The molecule has 0 aromatic heterocycles. The van der Waals surface area contributed by atoms with Crippen LogP contribution >= 0.6 is 0 Å². The number of hydrogen-bond donors (Lipinski definition) is 0. The lowest BCUT2D eigenvalue weighted by molar-refractivity contribution is 0.177. The molecule has 1 aliphatic carbocycles. The molecule has 2 fully saturated rings. The van der Waals surface area contributed by atoms with Gasteiger partial charge in [-0.2, -0.15) is 0 Å². The minimum atomic E-state index is 0.779. The second-order valence-electron chi connectivity index (χ2n) is 4.13. The fourth-order valence-electron chi connectivity index (χ4n) is 2.08. The Bertz CT molecular complexity index is 131. The molecule has 2 aliphatic rings. The van der Waals surface area contributed by atoms with Crippen molar-refractivity contribution in [1.82, 2.24) is 4.90 Å². The molecule has 58 valence electrons. The monoisotopic (exact) mass is 139 g/mol. The van der Waals surface area contributed by atoms with Crippen molar-refractivity contribution < 1.29 is 0 Å². The van der Waals surface area contributed by atoms with Crippen molar-refractivity contribution in [2.75, 3.05) is 13.1 Å². The van der Waals surface area contributed by atoms with Crippen molar-refractivity contribution in [3.63, 3.8) is 0 Å². The first-order chi connectivity index (χ1) is 4.77. The van der Waals surface area contributed by atoms with Crippen LogP contribution in [0.1, 0.15) is 26.7 Å². The van der Waals surface area contributed by atoms with Gasteiger partial charge in [-0.3, -0.25) is 0 Å². The largest absolute Gasteiger partial charge is 0.301 e. The Balaban J connectivity index is 1.88. The molecule has 0 bridgehead atoms. The van der Waals surface area contributed by atoms with E-state index in [1.807, 2.05) is 0 Å². The summed E-state index contributed by atoms with van der Waals surface area (Å²) >= 11 is 0. The van der Waals surface area contributed by atoms with Gasteiger partial charge in [0.2, 0.25) is 0 Å². The van der Waals surface area contributed by atoms with Gasteiger partial charge in [0.25, 0.3) is 0 Å². The van der Waals surface area contributed by atoms with E-state index in [9.17, 15) is 0 Å². The summed E-state index contributed by atoms with van der Waals surface area (Å²) in [7, 11) is 0. The minimum absolute atomic E-state index is 0.779. The smallest absolute Gasteiger partial charge is 0.00387 e. The van der Waals surface area contributed by atoms with Crippen LogP contribution in [-0.2, 0) is 0 Å². The van der Waals surface area contributed by atoms with Crippen LogP contribution in [0.4, 0.5) is 0 Å². The standard InChI is InChI=1S/C9H17N/c1-7(2)10-4-3-8-5-9(8)6-10/h7-9H,3-6H2,1-2H3/t8?,9-/m0/s1. The lowest BCUT2D eigenvalue weighted by Gasteiger charge is -2.29. The second-order valence-corrected chi connectivity index (χ2v) is 4.13. The van der Waals surface area contributed by atoms with Crippen LogP contribution in [0.5, 0.6) is 0 Å². The first-order valence-corrected chi connectivity index (χ1v) is 4.51. The summed E-state index contributed by atoms with van der Waals surface area (Å²) < 4.78 is 0. The van der Waals surface area contributed by atoms with Crippen LogP contribution in [0, 0.1) is 11.8 Å². The van der Waals surface area contributed by atoms with E-state index >= 15 is 0 Å². The quantitative estimate of drug-likeness (QED) is 0.535. The molecule has 0 spiro atoms. The molecule has 0 amide bonds. The highest BCUT2D eigenvalue weighted by Gasteiger charge is 2.41. The highest BCUT2D eigenvalue weighted by molar-refractivity contribution is 4.93. The molecule has 1 nitrogen and oxygen atoms in total. The molecule has 2 atom stereocenters. The first-order valence-electron chi connectivity index (χ1n) is 4.51. The van der Waals surface area contributed by atoms with E-state index in [4.69, 9.17) is 0 Å². The fourth-order valence-corrected chi connectivity index (χ4v) is 2.08. The molecule has 1 aliphatic heterocycles. The third kappa shape index (κ3) is 1.07. The third-order valence-corrected chi connectivity index (χ3v) is 3.06. The molecular weight excluding hydrogens is 122 g/mol. The summed E-state index contributed by atoms with van der Waals surface area (Å²) in [6, 6.07) is 0.779. The number of piperidine rings is 1. The van der Waals surface area contributed by atoms with Crippen LogP contribution in [0.25, 0.3) is 0 Å². The van der Waals surface area contributed by atoms with E-state index in [1.54, 1.807) is 0 Å². The second kappa shape index (κ2) is 2.23. The first kappa shape index (κ1) is 6.66. The Morgan fingerprint density at radius 3 is 2.70 bits per heavy atom. The highest BCUT2D eigenvalue weighted by Crippen LogP contribution is 2.45. The van der Waals surface area contributed by atoms with Crippen LogP contribution in [0.15, 0.2) is 0 Å². The van der Waals surface area contributed by atoms with Gasteiger partial charge in [-0.1, -0.05) is 0 Å². The summed E-state index contributed by atoms with van der Waals surface area (Å²) in [5, 5.41) is 0. The third-order valence-electron chi connectivity index (χ3n) is 3.06. The van der Waals surface area contributed by atoms with Crippen LogP contribution in [0.2, 0.25) is 0 Å². The Kier molecular flexibility index (Phi) is 1.48. The molecule has 2 rings (SSSR count). The Morgan fingerprint density at radius 2 is 2.10 bits per heavy atom. The van der Waals surface area contributed by atoms with Gasteiger partial charge >= 0.3 is 0 Å². The molecule has 1 heterocycles. The molecule has 0 aromatic rings. The fraction of sp³-hybridized carbons (Fsp3) is 1.00. The Labute approximate surface area is 63.4 Å². The molecule has 1 saturated carbocycles. The topological polar surface area (TPSA) is 3.24 Å². The van der Waals surface area contributed by atoms with Gasteiger partial charge in [0.05, 0.1) is 0 Å². The number of hydrogen-bond acceptors (Lipinski definition) is 1. The molecule has 1 heteroatoms. The Morgan fingerprint density at radius 1 is 1.30 bits per heavy atom. The summed E-state index contributed by atoms with van der Waals surface area (Å²) in [4.78, 5) is 2.62. The van der Waals surface area contributed by atoms with Crippen LogP contribution < -0.4 is 0 Å². The van der Waals surface area contributed by atoms with Gasteiger partial charge in [0.1, 0.15) is 0 Å². The molecule has 1 saturated heterocycles. The number of rotatable bonds is 1. The summed E-state index contributed by atoms with van der Waals surface area (Å²) in [6.07, 6.45) is 3.01. The molecule has 0 aromatic carbocycles. The number of nitrogens with zero attached hydrogens (tertiary/aromatic N) is 1. The van der Waals surface area contributed by atoms with Gasteiger partial charge in [-0.25, -0.2) is 0 Å². The lowest BCUT2D eigenvalue weighted by atomic mass is 10.1. The molecule has 0 N–H and O–H groups in total. The van der Waals surface area contributed by atoms with Gasteiger partial charge < -0.3 is 4.90 Å². The summed E-state index contributed by atoms with van der Waals surface area (Å²) in [6.45, 7) is 7.37. The zero-order chi connectivity index (χ0) is 7.14. The van der Waals surface area contributed by atoms with E-state index in [2.05, 4.69) is 18.7 Å². The number of likely N-dealkylation sites (tertiary alicyclic amines) is 1. The molecule has 1 unspecified atom stereocenters. The average molecular weight is 139 g/mol. The average Bonchev–Trinajstić information content (AvgIpc) is 2.63. The lowest BCUT2D eigenvalue weighted by Crippen LogP contribution is -2.36. The maximum Gasteiger partial charge on any atom is 0.00387 e. The van der Waals surface area contributed by atoms with E-state index in [-0.39, 0.29) is 0 Å². The SMILES string of the molecule is CC(C)N1CCC2C[C@H]2C1. The van der Waals surface area contributed by atoms with Crippen LogP contribution in [-0.4, -0.2) is 24.0 Å². The van der Waals surface area contributed by atoms with Gasteiger partial charge in [-0.15, -0.1) is 0 Å². The predicted octanol–water partition coefficient (Wildman–Crippen LogP) is 1.74.